The smallest absolute Gasteiger partial charge is 0.262 e. The molecule has 0 aromatic heterocycles. The molecule has 1 atom stereocenters. The van der Waals surface area contributed by atoms with Crippen molar-refractivity contribution in [3.8, 4) is 0 Å². The number of hydrogen-bond acceptors (Lipinski definition) is 5. The first-order valence-electron chi connectivity index (χ1n) is 12.1. The van der Waals surface area contributed by atoms with Gasteiger partial charge < -0.3 is 5.32 Å². The number of unbranched alkanes of at least 4 members (excludes halogenated alkanes) is 2. The van der Waals surface area contributed by atoms with E-state index in [-0.39, 0.29) is 10.8 Å². The molecule has 2 N–H and O–H groups in total. The molecule has 0 aliphatic carbocycles. The average Bonchev–Trinajstić information content (AvgIpc) is 3.01. The molecule has 0 saturated heterocycles. The molecule has 1 aliphatic rings. The lowest BCUT2D eigenvalue weighted by Crippen LogP contribution is -2.40. The highest BCUT2D eigenvalue weighted by molar-refractivity contribution is 7.90. The van der Waals surface area contributed by atoms with Crippen molar-refractivity contribution in [2.75, 3.05) is 25.0 Å². The summed E-state index contributed by atoms with van der Waals surface area (Å²) in [6.07, 6.45) is 9.10. The van der Waals surface area contributed by atoms with E-state index >= 15 is 0 Å². The van der Waals surface area contributed by atoms with Gasteiger partial charge in [0.25, 0.3) is 10.0 Å². The molecule has 0 spiro atoms. The lowest BCUT2D eigenvalue weighted by Gasteiger charge is -2.28. The van der Waals surface area contributed by atoms with Gasteiger partial charge in [0.05, 0.1) is 11.4 Å². The molecule has 0 radical (unpaired) electrons. The number of anilines is 1. The minimum absolute atomic E-state index is 0.125. The number of aliphatic imine (C=N–C) groups is 1. The van der Waals surface area contributed by atoms with E-state index in [1.807, 2.05) is 0 Å². The summed E-state index contributed by atoms with van der Waals surface area (Å²) >= 11 is 0. The third-order valence-electron chi connectivity index (χ3n) is 5.78. The van der Waals surface area contributed by atoms with E-state index in [1.165, 1.54) is 12.1 Å². The molecule has 32 heavy (non-hydrogen) atoms. The van der Waals surface area contributed by atoms with Gasteiger partial charge in [0, 0.05) is 24.7 Å². The molecule has 1 heterocycles. The second-order valence-corrected chi connectivity index (χ2v) is 10.3. The second kappa shape index (κ2) is 13.6. The summed E-state index contributed by atoms with van der Waals surface area (Å²) in [6.45, 7) is 8.34. The summed E-state index contributed by atoms with van der Waals surface area (Å²) in [7, 11) is -3.74. The number of carbonyl (C=O) groups excluding carboxylic acids is 1. The normalized spacial score (nSPS) is 15.7. The van der Waals surface area contributed by atoms with Gasteiger partial charge in [0.15, 0.2) is 0 Å². The van der Waals surface area contributed by atoms with Crippen LogP contribution in [0.25, 0.3) is 0 Å². The minimum Gasteiger partial charge on any atom is -0.325 e. The zero-order valence-electron chi connectivity index (χ0n) is 19.9. The largest absolute Gasteiger partial charge is 0.325 e. The monoisotopic (exact) mass is 464 g/mol. The molecule has 1 aromatic rings. The second-order valence-electron chi connectivity index (χ2n) is 8.64. The van der Waals surface area contributed by atoms with Crippen LogP contribution in [0.1, 0.15) is 78.6 Å². The molecule has 0 bridgehead atoms. The van der Waals surface area contributed by atoms with Crippen molar-refractivity contribution in [1.29, 1.82) is 0 Å². The van der Waals surface area contributed by atoms with Crippen LogP contribution in [0.15, 0.2) is 34.2 Å². The third-order valence-corrected chi connectivity index (χ3v) is 7.16. The summed E-state index contributed by atoms with van der Waals surface area (Å²) in [4.78, 5) is 19.4. The first-order valence-corrected chi connectivity index (χ1v) is 13.5. The maximum absolute atomic E-state index is 12.8. The summed E-state index contributed by atoms with van der Waals surface area (Å²) in [5.74, 6) is 0.393. The fourth-order valence-electron chi connectivity index (χ4n) is 3.92. The van der Waals surface area contributed by atoms with Gasteiger partial charge in [-0.1, -0.05) is 45.6 Å². The highest BCUT2D eigenvalue weighted by atomic mass is 32.2. The number of sulfonamides is 1. The van der Waals surface area contributed by atoms with Gasteiger partial charge >= 0.3 is 0 Å². The predicted octanol–water partition coefficient (Wildman–Crippen LogP) is 4.56. The van der Waals surface area contributed by atoms with Crippen molar-refractivity contribution >= 4 is 27.5 Å². The quantitative estimate of drug-likeness (QED) is 0.444. The Morgan fingerprint density at radius 3 is 2.72 bits per heavy atom. The Balaban J connectivity index is 2.03. The predicted molar refractivity (Wildman–Crippen MR) is 132 cm³/mol. The molecule has 1 amide bonds. The van der Waals surface area contributed by atoms with Gasteiger partial charge in [0.2, 0.25) is 5.91 Å². The Bertz CT molecular complexity index is 855. The first kappa shape index (κ1) is 26.3. The van der Waals surface area contributed by atoms with Crippen molar-refractivity contribution in [1.82, 2.24) is 9.62 Å². The maximum Gasteiger partial charge on any atom is 0.262 e. The van der Waals surface area contributed by atoms with Gasteiger partial charge in [-0.2, -0.15) is 0 Å². The van der Waals surface area contributed by atoms with Crippen LogP contribution in [-0.2, 0) is 14.8 Å². The Kier molecular flexibility index (Phi) is 11.2. The number of amides is 1. The van der Waals surface area contributed by atoms with Crippen molar-refractivity contribution in [2.24, 2.45) is 4.99 Å². The van der Waals surface area contributed by atoms with Crippen LogP contribution in [0.4, 0.5) is 5.69 Å². The Labute approximate surface area is 194 Å². The number of hydrogen-bond donors (Lipinski definition) is 2. The van der Waals surface area contributed by atoms with E-state index in [4.69, 9.17) is 0 Å². The molecule has 8 heteroatoms. The lowest BCUT2D eigenvalue weighted by atomic mass is 10.1. The molecule has 1 aliphatic heterocycles. The van der Waals surface area contributed by atoms with Crippen molar-refractivity contribution in [3.63, 3.8) is 0 Å². The van der Waals surface area contributed by atoms with Crippen molar-refractivity contribution in [2.45, 2.75) is 89.5 Å². The van der Waals surface area contributed by atoms with E-state index in [9.17, 15) is 13.2 Å². The SMILES string of the molecule is CCCCCN(CC(=O)Nc1cccc(S(=O)(=O)NC2=NCCCCC2)c1)[C@H](C)CCC. The first-order chi connectivity index (χ1) is 15.4. The van der Waals surface area contributed by atoms with Crippen molar-refractivity contribution in [3.05, 3.63) is 24.3 Å². The minimum atomic E-state index is -3.74. The third kappa shape index (κ3) is 8.90. The molecule has 0 unspecified atom stereocenters. The van der Waals surface area contributed by atoms with Crippen LogP contribution in [0.5, 0.6) is 0 Å². The van der Waals surface area contributed by atoms with E-state index in [0.717, 1.165) is 57.9 Å². The highest BCUT2D eigenvalue weighted by Gasteiger charge is 2.19. The van der Waals surface area contributed by atoms with Crippen LogP contribution >= 0.6 is 0 Å². The Morgan fingerprint density at radius 2 is 1.97 bits per heavy atom. The van der Waals surface area contributed by atoms with Crippen molar-refractivity contribution < 1.29 is 13.2 Å². The summed E-state index contributed by atoms with van der Waals surface area (Å²) in [5, 5.41) is 2.88. The zero-order chi connectivity index (χ0) is 23.4. The molecule has 180 valence electrons. The summed E-state index contributed by atoms with van der Waals surface area (Å²) in [5.41, 5.74) is 0.484. The van der Waals surface area contributed by atoms with E-state index in [0.29, 0.717) is 37.1 Å². The maximum atomic E-state index is 12.8. The topological polar surface area (TPSA) is 90.9 Å². The number of nitrogens with zero attached hydrogens (tertiary/aromatic N) is 2. The van der Waals surface area contributed by atoms with Crippen LogP contribution in [0.2, 0.25) is 0 Å². The van der Waals surface area contributed by atoms with Crippen LogP contribution in [0.3, 0.4) is 0 Å². The van der Waals surface area contributed by atoms with Gasteiger partial charge in [-0.05, 0) is 57.4 Å². The number of nitrogens with one attached hydrogen (secondary N) is 2. The Hall–Kier alpha value is -1.93. The molecule has 0 fully saturated rings. The fraction of sp³-hybridized carbons (Fsp3) is 0.667. The van der Waals surface area contributed by atoms with Crippen LogP contribution in [-0.4, -0.2) is 50.7 Å². The number of carbonyl (C=O) groups is 1. The van der Waals surface area contributed by atoms with Gasteiger partial charge in [0.1, 0.15) is 5.84 Å². The molecule has 7 nitrogen and oxygen atoms in total. The molecule has 1 aromatic carbocycles. The standard InChI is InChI=1S/C24H40N4O3S/c1-4-6-10-17-28(20(3)12-5-2)19-24(29)26-21-13-11-14-22(18-21)32(30,31)27-23-15-8-7-9-16-25-23/h11,13-14,18,20H,4-10,12,15-17,19H2,1-3H3,(H,25,27)(H,26,29)/t20-/m1/s1. The highest BCUT2D eigenvalue weighted by Crippen LogP contribution is 2.17. The van der Waals surface area contributed by atoms with Gasteiger partial charge in [-0.3, -0.25) is 19.4 Å². The molecular weight excluding hydrogens is 424 g/mol. The van der Waals surface area contributed by atoms with Crippen LogP contribution in [0, 0.1) is 0 Å². The van der Waals surface area contributed by atoms with E-state index < -0.39 is 10.0 Å². The fourth-order valence-corrected chi connectivity index (χ4v) is 5.05. The lowest BCUT2D eigenvalue weighted by molar-refractivity contribution is -0.117. The molecular formula is C24H40N4O3S. The molecule has 0 saturated carbocycles. The summed E-state index contributed by atoms with van der Waals surface area (Å²) in [6, 6.07) is 6.75. The number of rotatable bonds is 12. The van der Waals surface area contributed by atoms with E-state index in [1.54, 1.807) is 12.1 Å². The Morgan fingerprint density at radius 1 is 1.16 bits per heavy atom. The van der Waals surface area contributed by atoms with Gasteiger partial charge in [-0.15, -0.1) is 0 Å². The number of benzene rings is 1. The number of amidine groups is 1. The van der Waals surface area contributed by atoms with Crippen LogP contribution < -0.4 is 10.0 Å². The zero-order valence-corrected chi connectivity index (χ0v) is 20.7. The summed E-state index contributed by atoms with van der Waals surface area (Å²) < 4.78 is 28.3. The average molecular weight is 465 g/mol. The molecule has 2 rings (SSSR count). The van der Waals surface area contributed by atoms with Gasteiger partial charge in [-0.25, -0.2) is 8.42 Å². The van der Waals surface area contributed by atoms with E-state index in [2.05, 4.69) is 40.7 Å².